The van der Waals surface area contributed by atoms with Crippen molar-refractivity contribution in [2.45, 2.75) is 0 Å². The molecule has 0 radical (unpaired) electrons. The minimum Gasteiger partial charge on any atom is -0.507 e. The zero-order chi connectivity index (χ0) is 17.1. The first-order valence-corrected chi connectivity index (χ1v) is 6.92. The normalized spacial score (nSPS) is 11.4. The maximum absolute atomic E-state index is 11.3. The molecule has 0 saturated carbocycles. The Hall–Kier alpha value is -3.61. The van der Waals surface area contributed by atoms with E-state index in [9.17, 15) is 14.7 Å². The lowest BCUT2D eigenvalue weighted by atomic mass is 10.2. The van der Waals surface area contributed by atoms with Gasteiger partial charge in [-0.2, -0.15) is 0 Å². The number of aromatic hydroxyl groups is 1. The number of carboxylic acid groups (broad SMARTS) is 1. The van der Waals surface area contributed by atoms with Gasteiger partial charge in [0.25, 0.3) is 0 Å². The predicted octanol–water partition coefficient (Wildman–Crippen LogP) is 2.88. The number of hydrogen-bond donors (Lipinski definition) is 3. The summed E-state index contributed by atoms with van der Waals surface area (Å²) in [5, 5.41) is 21.3. The van der Waals surface area contributed by atoms with Gasteiger partial charge in [-0.25, -0.2) is 9.78 Å². The number of phenols is 1. The second-order valence-corrected chi connectivity index (χ2v) is 4.89. The van der Waals surface area contributed by atoms with Crippen molar-refractivity contribution in [3.63, 3.8) is 0 Å². The number of carbonyl (C=O) groups excluding carboxylic acids is 1. The van der Waals surface area contributed by atoms with Gasteiger partial charge in [0.2, 0.25) is 5.89 Å². The highest BCUT2D eigenvalue weighted by Crippen LogP contribution is 2.23. The summed E-state index contributed by atoms with van der Waals surface area (Å²) in [7, 11) is 0. The Labute approximate surface area is 135 Å². The van der Waals surface area contributed by atoms with Gasteiger partial charge >= 0.3 is 5.97 Å². The molecular weight excluding hydrogens is 312 g/mol. The van der Waals surface area contributed by atoms with Crippen LogP contribution in [-0.2, 0) is 4.79 Å². The molecule has 24 heavy (non-hydrogen) atoms. The van der Waals surface area contributed by atoms with E-state index in [4.69, 9.17) is 9.52 Å². The highest BCUT2D eigenvalue weighted by Gasteiger charge is 2.12. The lowest BCUT2D eigenvalue weighted by Crippen LogP contribution is -1.99. The summed E-state index contributed by atoms with van der Waals surface area (Å²) in [4.78, 5) is 26.5. The van der Waals surface area contributed by atoms with Gasteiger partial charge in [0.05, 0.1) is 5.57 Å². The van der Waals surface area contributed by atoms with Crippen molar-refractivity contribution < 1.29 is 24.2 Å². The third-order valence-electron chi connectivity index (χ3n) is 3.29. The fourth-order valence-electron chi connectivity index (χ4n) is 2.10. The molecule has 0 atom stereocenters. The van der Waals surface area contributed by atoms with E-state index >= 15 is 0 Å². The number of benzene rings is 2. The van der Waals surface area contributed by atoms with Crippen LogP contribution < -0.4 is 5.32 Å². The van der Waals surface area contributed by atoms with Crippen LogP contribution >= 0.6 is 0 Å². The summed E-state index contributed by atoms with van der Waals surface area (Å²) in [6.45, 7) is 0. The molecular formula is C17H12N2O5. The number of para-hydroxylation sites is 2. The minimum atomic E-state index is -1.25. The van der Waals surface area contributed by atoms with E-state index in [1.165, 1.54) is 24.4 Å². The monoisotopic (exact) mass is 324 g/mol. The van der Waals surface area contributed by atoms with E-state index in [-0.39, 0.29) is 22.8 Å². The molecule has 120 valence electrons. The van der Waals surface area contributed by atoms with Gasteiger partial charge in [-0.1, -0.05) is 12.1 Å². The summed E-state index contributed by atoms with van der Waals surface area (Å²) in [6, 6.07) is 11.1. The lowest BCUT2D eigenvalue weighted by Gasteiger charge is -2.05. The zero-order valence-electron chi connectivity index (χ0n) is 12.3. The summed E-state index contributed by atoms with van der Waals surface area (Å²) in [5.41, 5.74) is 1.48. The second kappa shape index (κ2) is 6.25. The topological polar surface area (TPSA) is 113 Å². The summed E-state index contributed by atoms with van der Waals surface area (Å²) in [6.07, 6.45) is 1.94. The van der Waals surface area contributed by atoms with Crippen molar-refractivity contribution in [1.29, 1.82) is 0 Å². The third-order valence-corrected chi connectivity index (χ3v) is 3.29. The maximum atomic E-state index is 11.3. The number of aromatic carboxylic acids is 1. The number of nitrogens with zero attached hydrogens (tertiary/aromatic N) is 1. The number of fused-ring (bicyclic) bond motifs is 1. The van der Waals surface area contributed by atoms with Crippen LogP contribution in [0.5, 0.6) is 5.75 Å². The Balaban J connectivity index is 1.90. The first kappa shape index (κ1) is 15.3. The fourth-order valence-corrected chi connectivity index (χ4v) is 2.10. The van der Waals surface area contributed by atoms with Crippen LogP contribution in [0.4, 0.5) is 5.69 Å². The zero-order valence-corrected chi connectivity index (χ0v) is 12.3. The highest BCUT2D eigenvalue weighted by molar-refractivity contribution is 6.06. The number of allylic oxidation sites excluding steroid dienone is 1. The van der Waals surface area contributed by atoms with E-state index in [0.29, 0.717) is 23.1 Å². The van der Waals surface area contributed by atoms with Crippen LogP contribution in [0.15, 0.2) is 53.1 Å². The Morgan fingerprint density at radius 1 is 1.21 bits per heavy atom. The van der Waals surface area contributed by atoms with E-state index in [1.807, 2.05) is 0 Å². The quantitative estimate of drug-likeness (QED) is 0.376. The molecule has 0 unspecified atom stereocenters. The Morgan fingerprint density at radius 2 is 2.00 bits per heavy atom. The smallest absolute Gasteiger partial charge is 0.339 e. The molecule has 0 aliphatic rings. The highest BCUT2D eigenvalue weighted by atomic mass is 16.4. The van der Waals surface area contributed by atoms with Gasteiger partial charge in [-0.05, 0) is 30.3 Å². The number of nitrogens with one attached hydrogen (secondary N) is 1. The number of anilines is 1. The number of aromatic nitrogens is 1. The number of hydrogen-bond acceptors (Lipinski definition) is 6. The third kappa shape index (κ3) is 2.95. The van der Waals surface area contributed by atoms with Gasteiger partial charge in [0.1, 0.15) is 16.8 Å². The summed E-state index contributed by atoms with van der Waals surface area (Å²) >= 11 is 0. The van der Waals surface area contributed by atoms with Gasteiger partial charge < -0.3 is 19.9 Å². The first-order valence-electron chi connectivity index (χ1n) is 6.92. The molecule has 0 aliphatic carbocycles. The molecule has 0 bridgehead atoms. The average Bonchev–Trinajstić information content (AvgIpc) is 3.00. The fraction of sp³-hybridized carbons (Fsp3) is 0. The SMILES string of the molecule is O=C/C(=C\Nc1ccc(O)c(C(=O)O)c1)c1nc2ccccc2o1. The van der Waals surface area contributed by atoms with Crippen molar-refractivity contribution in [3.8, 4) is 5.75 Å². The van der Waals surface area contributed by atoms with Crippen LogP contribution in [0.25, 0.3) is 16.7 Å². The molecule has 0 fully saturated rings. The molecule has 0 spiro atoms. The maximum Gasteiger partial charge on any atom is 0.339 e. The van der Waals surface area contributed by atoms with Crippen LogP contribution in [0.2, 0.25) is 0 Å². The van der Waals surface area contributed by atoms with Crippen LogP contribution in [0.3, 0.4) is 0 Å². The van der Waals surface area contributed by atoms with Gasteiger partial charge in [-0.3, -0.25) is 4.79 Å². The standard InChI is InChI=1S/C17H12N2O5/c20-9-10(16-19-13-3-1-2-4-15(13)24-16)8-18-11-5-6-14(21)12(7-11)17(22)23/h1-9,18,21H,(H,22,23)/b10-8+. The molecule has 7 heteroatoms. The number of carboxylic acids is 1. The molecule has 3 aromatic rings. The van der Waals surface area contributed by atoms with Crippen LogP contribution in [0, 0.1) is 0 Å². The number of carbonyl (C=O) groups is 2. The molecule has 1 heterocycles. The first-order chi connectivity index (χ1) is 11.6. The molecule has 1 aromatic heterocycles. The van der Waals surface area contributed by atoms with E-state index < -0.39 is 5.97 Å². The largest absolute Gasteiger partial charge is 0.507 e. The molecule has 3 rings (SSSR count). The van der Waals surface area contributed by atoms with Crippen molar-refractivity contribution >= 4 is 34.6 Å². The van der Waals surface area contributed by atoms with Crippen molar-refractivity contribution in [2.24, 2.45) is 0 Å². The lowest BCUT2D eigenvalue weighted by molar-refractivity contribution is -0.103. The van der Waals surface area contributed by atoms with Gasteiger partial charge in [0, 0.05) is 11.9 Å². The number of oxazole rings is 1. The predicted molar refractivity (Wildman–Crippen MR) is 86.7 cm³/mol. The molecule has 0 saturated heterocycles. The van der Waals surface area contributed by atoms with Gasteiger partial charge in [-0.15, -0.1) is 0 Å². The molecule has 0 aliphatic heterocycles. The van der Waals surface area contributed by atoms with Crippen LogP contribution in [-0.4, -0.2) is 27.5 Å². The Bertz CT molecular complexity index is 926. The minimum absolute atomic E-state index is 0.149. The Kier molecular flexibility index (Phi) is 3.98. The van der Waals surface area contributed by atoms with E-state index in [0.717, 1.165) is 0 Å². The Morgan fingerprint density at radius 3 is 2.71 bits per heavy atom. The average molecular weight is 324 g/mol. The van der Waals surface area contributed by atoms with Crippen molar-refractivity contribution in [3.05, 3.63) is 60.1 Å². The molecule has 7 nitrogen and oxygen atoms in total. The number of aldehydes is 1. The van der Waals surface area contributed by atoms with E-state index in [2.05, 4.69) is 10.3 Å². The molecule has 0 amide bonds. The van der Waals surface area contributed by atoms with Crippen LogP contribution in [0.1, 0.15) is 16.2 Å². The van der Waals surface area contributed by atoms with E-state index in [1.54, 1.807) is 24.3 Å². The second-order valence-electron chi connectivity index (χ2n) is 4.89. The van der Waals surface area contributed by atoms with Crippen molar-refractivity contribution in [2.75, 3.05) is 5.32 Å². The van der Waals surface area contributed by atoms with Crippen molar-refractivity contribution in [1.82, 2.24) is 4.98 Å². The number of rotatable bonds is 5. The molecule has 3 N–H and O–H groups in total. The summed E-state index contributed by atoms with van der Waals surface area (Å²) < 4.78 is 5.51. The van der Waals surface area contributed by atoms with Gasteiger partial charge in [0.15, 0.2) is 11.9 Å². The molecule has 2 aromatic carbocycles. The summed E-state index contributed by atoms with van der Waals surface area (Å²) in [5.74, 6) is -1.45.